The number of hydrogen-bond donors (Lipinski definition) is 0. The highest BCUT2D eigenvalue weighted by molar-refractivity contribution is 5.61. The molecule has 0 aliphatic heterocycles. The molecular weight excluding hydrogens is 156 g/mol. The Balaban J connectivity index is 2.61. The smallest absolute Gasteiger partial charge is 0.0222 e. The number of fused-ring (bicyclic) bond motifs is 1. The van der Waals surface area contributed by atoms with Gasteiger partial charge in [0.15, 0.2) is 0 Å². The minimum absolute atomic E-state index is 1.23. The first-order chi connectivity index (χ1) is 6.18. The van der Waals surface area contributed by atoms with Crippen molar-refractivity contribution in [2.45, 2.75) is 33.6 Å². The molecule has 0 radical (unpaired) electrons. The maximum absolute atomic E-state index is 2.32. The van der Waals surface area contributed by atoms with Gasteiger partial charge in [0, 0.05) is 0 Å². The van der Waals surface area contributed by atoms with Crippen LogP contribution in [-0.2, 0) is 6.42 Å². The Hall–Kier alpha value is -1.04. The highest BCUT2D eigenvalue weighted by Gasteiger charge is 2.10. The summed E-state index contributed by atoms with van der Waals surface area (Å²) in [6.45, 7) is 6.65. The van der Waals surface area contributed by atoms with Gasteiger partial charge in [0.2, 0.25) is 0 Å². The van der Waals surface area contributed by atoms with Crippen LogP contribution in [0.1, 0.15) is 35.6 Å². The van der Waals surface area contributed by atoms with Crippen molar-refractivity contribution >= 4 is 6.08 Å². The third-order valence-corrected chi connectivity index (χ3v) is 3.08. The van der Waals surface area contributed by atoms with E-state index in [1.807, 2.05) is 0 Å². The summed E-state index contributed by atoms with van der Waals surface area (Å²) in [5.74, 6) is 0. The van der Waals surface area contributed by atoms with Crippen molar-refractivity contribution in [3.63, 3.8) is 0 Å². The first-order valence-corrected chi connectivity index (χ1v) is 4.95. The molecule has 2 rings (SSSR count). The van der Waals surface area contributed by atoms with Gasteiger partial charge in [0.05, 0.1) is 0 Å². The van der Waals surface area contributed by atoms with Gasteiger partial charge in [-0.2, -0.15) is 0 Å². The number of aryl methyl sites for hydroxylation is 1. The van der Waals surface area contributed by atoms with Crippen LogP contribution in [0.3, 0.4) is 0 Å². The van der Waals surface area contributed by atoms with Crippen molar-refractivity contribution in [1.29, 1.82) is 0 Å². The van der Waals surface area contributed by atoms with Crippen LogP contribution < -0.4 is 0 Å². The molecule has 0 saturated carbocycles. The zero-order chi connectivity index (χ0) is 9.42. The summed E-state index contributed by atoms with van der Waals surface area (Å²) in [5.41, 5.74) is 7.42. The quantitative estimate of drug-likeness (QED) is 0.560. The second kappa shape index (κ2) is 3.02. The molecular formula is C13H16. The number of benzene rings is 1. The van der Waals surface area contributed by atoms with Crippen molar-refractivity contribution in [3.05, 3.63) is 40.0 Å². The molecule has 0 bridgehead atoms. The third kappa shape index (κ3) is 1.41. The first kappa shape index (κ1) is 8.55. The Labute approximate surface area is 80.3 Å². The van der Waals surface area contributed by atoms with Gasteiger partial charge < -0.3 is 0 Å². The van der Waals surface area contributed by atoms with E-state index in [1.54, 1.807) is 5.56 Å². The molecule has 1 aliphatic carbocycles. The van der Waals surface area contributed by atoms with Crippen LogP contribution in [0.2, 0.25) is 0 Å². The normalized spacial score (nSPS) is 15.2. The van der Waals surface area contributed by atoms with Gasteiger partial charge in [-0.05, 0) is 55.9 Å². The number of allylic oxidation sites excluding steroid dienone is 1. The molecule has 0 heteroatoms. The molecule has 0 spiro atoms. The number of rotatable bonds is 0. The predicted octanol–water partition coefficient (Wildman–Crippen LogP) is 3.65. The standard InChI is InChI=1S/C13H16/c1-9-4-7-13-11(3)10(2)5-6-12(13)8-9/h5-6,8H,4,7H2,1-3H3. The van der Waals surface area contributed by atoms with Crippen LogP contribution >= 0.6 is 0 Å². The molecule has 0 amide bonds. The average molecular weight is 172 g/mol. The van der Waals surface area contributed by atoms with Gasteiger partial charge in [0.25, 0.3) is 0 Å². The molecule has 0 saturated heterocycles. The van der Waals surface area contributed by atoms with Crippen LogP contribution in [0, 0.1) is 13.8 Å². The third-order valence-electron chi connectivity index (χ3n) is 3.08. The molecule has 1 aromatic carbocycles. The number of hydrogen-bond acceptors (Lipinski definition) is 0. The van der Waals surface area contributed by atoms with E-state index in [0.29, 0.717) is 0 Å². The fourth-order valence-corrected chi connectivity index (χ4v) is 2.02. The van der Waals surface area contributed by atoms with Gasteiger partial charge >= 0.3 is 0 Å². The second-order valence-corrected chi connectivity index (χ2v) is 4.07. The van der Waals surface area contributed by atoms with E-state index in [2.05, 4.69) is 39.0 Å². The van der Waals surface area contributed by atoms with Crippen LogP contribution in [0.5, 0.6) is 0 Å². The summed E-state index contributed by atoms with van der Waals surface area (Å²) >= 11 is 0. The fourth-order valence-electron chi connectivity index (χ4n) is 2.02. The second-order valence-electron chi connectivity index (χ2n) is 4.07. The average Bonchev–Trinajstić information content (AvgIpc) is 2.12. The van der Waals surface area contributed by atoms with E-state index >= 15 is 0 Å². The highest BCUT2D eigenvalue weighted by Crippen LogP contribution is 2.27. The lowest BCUT2D eigenvalue weighted by Gasteiger charge is -2.17. The molecule has 1 aromatic rings. The predicted molar refractivity (Wildman–Crippen MR) is 57.9 cm³/mol. The van der Waals surface area contributed by atoms with Crippen molar-refractivity contribution in [2.24, 2.45) is 0 Å². The summed E-state index contributed by atoms with van der Waals surface area (Å²) < 4.78 is 0. The molecule has 0 nitrogen and oxygen atoms in total. The van der Waals surface area contributed by atoms with Gasteiger partial charge in [-0.1, -0.05) is 23.8 Å². The Morgan fingerprint density at radius 2 is 1.77 bits per heavy atom. The van der Waals surface area contributed by atoms with Crippen molar-refractivity contribution < 1.29 is 0 Å². The zero-order valence-electron chi connectivity index (χ0n) is 8.65. The lowest BCUT2D eigenvalue weighted by molar-refractivity contribution is 0.914. The zero-order valence-corrected chi connectivity index (χ0v) is 8.65. The Morgan fingerprint density at radius 1 is 1.00 bits per heavy atom. The largest absolute Gasteiger partial charge is 0.0724 e. The summed E-state index contributed by atoms with van der Waals surface area (Å²) in [6, 6.07) is 4.48. The lowest BCUT2D eigenvalue weighted by Crippen LogP contribution is -2.01. The van der Waals surface area contributed by atoms with E-state index in [1.165, 1.54) is 35.1 Å². The van der Waals surface area contributed by atoms with Gasteiger partial charge in [0.1, 0.15) is 0 Å². The minimum Gasteiger partial charge on any atom is -0.0724 e. The molecule has 0 aromatic heterocycles. The van der Waals surface area contributed by atoms with Crippen molar-refractivity contribution in [3.8, 4) is 0 Å². The summed E-state index contributed by atoms with van der Waals surface area (Å²) in [4.78, 5) is 0. The minimum atomic E-state index is 1.23. The fraction of sp³-hybridized carbons (Fsp3) is 0.385. The van der Waals surface area contributed by atoms with E-state index in [-0.39, 0.29) is 0 Å². The summed E-state index contributed by atoms with van der Waals surface area (Å²) in [5, 5.41) is 0. The maximum atomic E-state index is 2.32. The topological polar surface area (TPSA) is 0 Å². The SMILES string of the molecule is CC1=Cc2ccc(C)c(C)c2CC1. The van der Waals surface area contributed by atoms with Gasteiger partial charge in [-0.3, -0.25) is 0 Å². The summed E-state index contributed by atoms with van der Waals surface area (Å²) in [7, 11) is 0. The molecule has 0 unspecified atom stereocenters. The van der Waals surface area contributed by atoms with Crippen LogP contribution in [0.15, 0.2) is 17.7 Å². The monoisotopic (exact) mass is 172 g/mol. The van der Waals surface area contributed by atoms with Crippen molar-refractivity contribution in [1.82, 2.24) is 0 Å². The van der Waals surface area contributed by atoms with Gasteiger partial charge in [-0.25, -0.2) is 0 Å². The van der Waals surface area contributed by atoms with Crippen LogP contribution in [-0.4, -0.2) is 0 Å². The molecule has 13 heavy (non-hydrogen) atoms. The van der Waals surface area contributed by atoms with Crippen LogP contribution in [0.25, 0.3) is 6.08 Å². The van der Waals surface area contributed by atoms with Crippen molar-refractivity contribution in [2.75, 3.05) is 0 Å². The molecule has 1 aliphatic rings. The summed E-state index contributed by atoms with van der Waals surface area (Å²) in [6.07, 6.45) is 4.79. The Kier molecular flexibility index (Phi) is 1.99. The van der Waals surface area contributed by atoms with Gasteiger partial charge in [-0.15, -0.1) is 0 Å². The first-order valence-electron chi connectivity index (χ1n) is 4.95. The molecule has 68 valence electrons. The van der Waals surface area contributed by atoms with E-state index in [0.717, 1.165) is 0 Å². The Bertz CT molecular complexity index is 370. The van der Waals surface area contributed by atoms with E-state index in [4.69, 9.17) is 0 Å². The molecule has 0 atom stereocenters. The maximum Gasteiger partial charge on any atom is -0.0222 e. The molecule has 0 heterocycles. The van der Waals surface area contributed by atoms with Crippen LogP contribution in [0.4, 0.5) is 0 Å². The van der Waals surface area contributed by atoms with E-state index in [9.17, 15) is 0 Å². The van der Waals surface area contributed by atoms with E-state index < -0.39 is 0 Å². The highest BCUT2D eigenvalue weighted by atomic mass is 14.2. The molecule has 0 fully saturated rings. The lowest BCUT2D eigenvalue weighted by atomic mass is 9.88. The molecule has 0 N–H and O–H groups in total. The Morgan fingerprint density at radius 3 is 2.54 bits per heavy atom.